The van der Waals surface area contributed by atoms with Gasteiger partial charge in [-0.3, -0.25) is 4.90 Å². The fraction of sp³-hybridized carbons (Fsp3) is 1.00. The fourth-order valence-electron chi connectivity index (χ4n) is 2.62. The molecule has 3 atom stereocenters. The molecular formula is C14H27F3N2. The maximum Gasteiger partial charge on any atom is 0.390 e. The van der Waals surface area contributed by atoms with Crippen molar-refractivity contribution >= 4 is 0 Å². The van der Waals surface area contributed by atoms with Gasteiger partial charge in [-0.15, -0.1) is 0 Å². The van der Waals surface area contributed by atoms with E-state index in [0.29, 0.717) is 12.0 Å². The molecule has 114 valence electrons. The average Bonchev–Trinajstić information content (AvgIpc) is 2.35. The van der Waals surface area contributed by atoms with Crippen LogP contribution >= 0.6 is 0 Å². The number of halogens is 3. The van der Waals surface area contributed by atoms with E-state index in [-0.39, 0.29) is 12.1 Å². The molecule has 0 spiro atoms. The van der Waals surface area contributed by atoms with Crippen LogP contribution in [0.1, 0.15) is 47.0 Å². The van der Waals surface area contributed by atoms with E-state index in [0.717, 1.165) is 25.9 Å². The van der Waals surface area contributed by atoms with Crippen LogP contribution in [-0.4, -0.2) is 42.3 Å². The Labute approximate surface area is 114 Å². The van der Waals surface area contributed by atoms with Gasteiger partial charge in [0.2, 0.25) is 0 Å². The predicted molar refractivity (Wildman–Crippen MR) is 72.2 cm³/mol. The summed E-state index contributed by atoms with van der Waals surface area (Å²) in [6, 6.07) is 0.304. The molecule has 1 rings (SSSR count). The van der Waals surface area contributed by atoms with Crippen LogP contribution in [0, 0.1) is 5.92 Å². The Hall–Kier alpha value is -0.290. The number of hydrogen-bond donors (Lipinski definition) is 1. The van der Waals surface area contributed by atoms with Crippen molar-refractivity contribution in [3.8, 4) is 0 Å². The van der Waals surface area contributed by atoms with Crippen molar-refractivity contribution in [2.24, 2.45) is 5.92 Å². The highest BCUT2D eigenvalue weighted by Gasteiger charge is 2.39. The summed E-state index contributed by atoms with van der Waals surface area (Å²) < 4.78 is 37.3. The summed E-state index contributed by atoms with van der Waals surface area (Å²) in [5.41, 5.74) is -0.158. The van der Waals surface area contributed by atoms with Gasteiger partial charge in [-0.1, -0.05) is 27.2 Å². The minimum atomic E-state index is -4.06. The highest BCUT2D eigenvalue weighted by atomic mass is 19.4. The quantitative estimate of drug-likeness (QED) is 0.830. The van der Waals surface area contributed by atoms with E-state index >= 15 is 0 Å². The molecule has 0 bridgehead atoms. The van der Waals surface area contributed by atoms with Crippen molar-refractivity contribution in [2.45, 2.75) is 64.7 Å². The van der Waals surface area contributed by atoms with Crippen molar-refractivity contribution < 1.29 is 13.2 Å². The molecule has 1 saturated heterocycles. The molecule has 0 saturated carbocycles. The van der Waals surface area contributed by atoms with Gasteiger partial charge in [-0.25, -0.2) is 0 Å². The Morgan fingerprint density at radius 1 is 1.37 bits per heavy atom. The molecule has 1 aliphatic rings. The number of piperazine rings is 1. The van der Waals surface area contributed by atoms with Crippen LogP contribution in [0.5, 0.6) is 0 Å². The molecule has 0 aliphatic carbocycles. The average molecular weight is 280 g/mol. The van der Waals surface area contributed by atoms with E-state index in [9.17, 15) is 13.2 Å². The molecule has 3 unspecified atom stereocenters. The van der Waals surface area contributed by atoms with Gasteiger partial charge < -0.3 is 5.32 Å². The van der Waals surface area contributed by atoms with Gasteiger partial charge >= 0.3 is 6.18 Å². The van der Waals surface area contributed by atoms with Gasteiger partial charge in [0.15, 0.2) is 0 Å². The molecule has 19 heavy (non-hydrogen) atoms. The zero-order valence-corrected chi connectivity index (χ0v) is 12.5. The summed E-state index contributed by atoms with van der Waals surface area (Å²) in [7, 11) is 0. The molecule has 0 radical (unpaired) electrons. The summed E-state index contributed by atoms with van der Waals surface area (Å²) in [5, 5.41) is 3.52. The molecule has 1 aliphatic heterocycles. The number of hydrogen-bond acceptors (Lipinski definition) is 2. The molecule has 0 aromatic carbocycles. The summed E-state index contributed by atoms with van der Waals surface area (Å²) in [6.07, 6.45) is -2.86. The Bertz CT molecular complexity index is 280. The van der Waals surface area contributed by atoms with Crippen molar-refractivity contribution in [3.63, 3.8) is 0 Å². The number of alkyl halides is 3. The molecule has 2 nitrogen and oxygen atoms in total. The lowest BCUT2D eigenvalue weighted by atomic mass is 9.88. The molecule has 0 aromatic rings. The summed E-state index contributed by atoms with van der Waals surface area (Å²) in [5.74, 6) is 0.495. The van der Waals surface area contributed by atoms with E-state index in [1.54, 1.807) is 0 Å². The Balaban J connectivity index is 2.68. The van der Waals surface area contributed by atoms with E-state index in [4.69, 9.17) is 0 Å². The van der Waals surface area contributed by atoms with Gasteiger partial charge in [-0.05, 0) is 19.3 Å². The van der Waals surface area contributed by atoms with Gasteiger partial charge in [0.05, 0.1) is 6.42 Å². The number of nitrogens with zero attached hydrogens (tertiary/aromatic N) is 1. The summed E-state index contributed by atoms with van der Waals surface area (Å²) in [4.78, 5) is 2.04. The zero-order chi connectivity index (χ0) is 14.7. The SMILES string of the molecule is CCC(C)C1CN(CCC(F)(F)F)C(C)(CC)CN1. The first-order valence-electron chi connectivity index (χ1n) is 7.27. The lowest BCUT2D eigenvalue weighted by Crippen LogP contribution is -2.64. The maximum absolute atomic E-state index is 12.4. The second-order valence-corrected chi connectivity index (χ2v) is 6.03. The fourth-order valence-corrected chi connectivity index (χ4v) is 2.62. The predicted octanol–water partition coefficient (Wildman–Crippen LogP) is 3.43. The summed E-state index contributed by atoms with van der Waals surface area (Å²) in [6.45, 7) is 10.00. The van der Waals surface area contributed by atoms with E-state index in [2.05, 4.69) is 26.1 Å². The first kappa shape index (κ1) is 16.8. The third kappa shape index (κ3) is 4.63. The highest BCUT2D eigenvalue weighted by molar-refractivity contribution is 4.96. The lowest BCUT2D eigenvalue weighted by molar-refractivity contribution is -0.142. The first-order chi connectivity index (χ1) is 8.72. The minimum Gasteiger partial charge on any atom is -0.311 e. The Morgan fingerprint density at radius 3 is 2.47 bits per heavy atom. The van der Waals surface area contributed by atoms with Crippen molar-refractivity contribution in [2.75, 3.05) is 19.6 Å². The molecule has 1 N–H and O–H groups in total. The monoisotopic (exact) mass is 280 g/mol. The van der Waals surface area contributed by atoms with Gasteiger partial charge in [-0.2, -0.15) is 13.2 Å². The van der Waals surface area contributed by atoms with Crippen molar-refractivity contribution in [1.82, 2.24) is 10.2 Å². The Morgan fingerprint density at radius 2 is 2.00 bits per heavy atom. The first-order valence-corrected chi connectivity index (χ1v) is 7.27. The maximum atomic E-state index is 12.4. The number of rotatable bonds is 5. The molecular weight excluding hydrogens is 253 g/mol. The van der Waals surface area contributed by atoms with Gasteiger partial charge in [0.25, 0.3) is 0 Å². The van der Waals surface area contributed by atoms with E-state index in [1.165, 1.54) is 0 Å². The van der Waals surface area contributed by atoms with Crippen LogP contribution in [0.2, 0.25) is 0 Å². The van der Waals surface area contributed by atoms with Gasteiger partial charge in [0, 0.05) is 31.2 Å². The third-order valence-electron chi connectivity index (χ3n) is 4.68. The smallest absolute Gasteiger partial charge is 0.311 e. The van der Waals surface area contributed by atoms with Gasteiger partial charge in [0.1, 0.15) is 0 Å². The standard InChI is InChI=1S/C14H27F3N2/c1-5-11(3)12-9-19(8-7-14(15,16)17)13(4,6-2)10-18-12/h11-12,18H,5-10H2,1-4H3. The van der Waals surface area contributed by atoms with Crippen LogP contribution in [0.15, 0.2) is 0 Å². The number of nitrogens with one attached hydrogen (secondary N) is 1. The van der Waals surface area contributed by atoms with Crippen LogP contribution < -0.4 is 5.32 Å². The normalized spacial score (nSPS) is 31.4. The molecule has 5 heteroatoms. The largest absolute Gasteiger partial charge is 0.390 e. The molecule has 1 heterocycles. The second kappa shape index (κ2) is 6.44. The lowest BCUT2D eigenvalue weighted by Gasteiger charge is -2.49. The van der Waals surface area contributed by atoms with Crippen molar-refractivity contribution in [1.29, 1.82) is 0 Å². The van der Waals surface area contributed by atoms with E-state index < -0.39 is 12.6 Å². The zero-order valence-electron chi connectivity index (χ0n) is 12.5. The van der Waals surface area contributed by atoms with E-state index in [1.807, 2.05) is 11.8 Å². The molecule has 1 fully saturated rings. The topological polar surface area (TPSA) is 15.3 Å². The minimum absolute atomic E-state index is 0.114. The molecule has 0 amide bonds. The molecule has 0 aromatic heterocycles. The van der Waals surface area contributed by atoms with Crippen molar-refractivity contribution in [3.05, 3.63) is 0 Å². The third-order valence-corrected chi connectivity index (χ3v) is 4.68. The van der Waals surface area contributed by atoms with Crippen LogP contribution in [-0.2, 0) is 0 Å². The highest BCUT2D eigenvalue weighted by Crippen LogP contribution is 2.28. The second-order valence-electron chi connectivity index (χ2n) is 6.03. The Kier molecular flexibility index (Phi) is 5.68. The van der Waals surface area contributed by atoms with Crippen LogP contribution in [0.4, 0.5) is 13.2 Å². The summed E-state index contributed by atoms with van der Waals surface area (Å²) >= 11 is 0. The van der Waals surface area contributed by atoms with Crippen LogP contribution in [0.25, 0.3) is 0 Å². The van der Waals surface area contributed by atoms with Crippen LogP contribution in [0.3, 0.4) is 0 Å².